The number of para-hydroxylation sites is 1. The smallest absolute Gasteiger partial charge is 0.325 e. The number of carbonyl (C=O) groups is 2. The third kappa shape index (κ3) is 3.48. The first-order valence-electron chi connectivity index (χ1n) is 9.45. The van der Waals surface area contributed by atoms with Crippen LogP contribution in [-0.4, -0.2) is 49.5 Å². The highest BCUT2D eigenvalue weighted by Gasteiger charge is 2.33. The summed E-state index contributed by atoms with van der Waals surface area (Å²) in [6.45, 7) is -0.300. The molecule has 3 aromatic rings. The number of esters is 1. The largest absolute Gasteiger partial charge is 0.493 e. The van der Waals surface area contributed by atoms with E-state index in [-0.39, 0.29) is 17.9 Å². The monoisotopic (exact) mass is 425 g/mol. The lowest BCUT2D eigenvalue weighted by Gasteiger charge is -2.12. The van der Waals surface area contributed by atoms with E-state index < -0.39 is 17.7 Å². The number of nitrogens with one attached hydrogen (secondary N) is 1. The average Bonchev–Trinajstić information content (AvgIpc) is 3.33. The van der Waals surface area contributed by atoms with Crippen LogP contribution in [0.1, 0.15) is 21.6 Å². The fraction of sp³-hybridized carbons (Fsp3) is 0.227. The second-order valence-electron chi connectivity index (χ2n) is 6.84. The topological polar surface area (TPSA) is 91.7 Å². The molecule has 0 spiro atoms. The first kappa shape index (κ1) is 20.4. The van der Waals surface area contributed by atoms with Gasteiger partial charge in [0.2, 0.25) is 0 Å². The number of aromatic nitrogens is 2. The van der Waals surface area contributed by atoms with E-state index >= 15 is 0 Å². The molecular formula is C22H20FN3O5. The van der Waals surface area contributed by atoms with Gasteiger partial charge in [-0.1, -0.05) is 12.1 Å². The molecule has 0 radical (unpaired) electrons. The molecule has 0 bridgehead atoms. The van der Waals surface area contributed by atoms with E-state index in [0.717, 1.165) is 11.1 Å². The number of rotatable bonds is 6. The quantitative estimate of drug-likeness (QED) is 0.478. The van der Waals surface area contributed by atoms with Gasteiger partial charge in [0.15, 0.2) is 17.2 Å². The van der Waals surface area contributed by atoms with Crippen LogP contribution in [0.3, 0.4) is 0 Å². The minimum atomic E-state index is -0.587. The Hall–Kier alpha value is -3.88. The number of amides is 1. The summed E-state index contributed by atoms with van der Waals surface area (Å²) in [6, 6.07) is 9.79. The summed E-state index contributed by atoms with van der Waals surface area (Å²) in [6.07, 6.45) is 0.389. The van der Waals surface area contributed by atoms with Gasteiger partial charge >= 0.3 is 5.97 Å². The van der Waals surface area contributed by atoms with E-state index in [1.807, 2.05) is 6.07 Å². The average molecular weight is 425 g/mol. The molecule has 1 aliphatic rings. The van der Waals surface area contributed by atoms with Gasteiger partial charge in [0.05, 0.1) is 27.0 Å². The molecule has 2 aromatic carbocycles. The normalized spacial score (nSPS) is 11.5. The Morgan fingerprint density at radius 3 is 2.52 bits per heavy atom. The lowest BCUT2D eigenvalue weighted by molar-refractivity contribution is -0.139. The van der Waals surface area contributed by atoms with Crippen molar-refractivity contribution in [2.75, 3.05) is 27.9 Å². The predicted molar refractivity (Wildman–Crippen MR) is 109 cm³/mol. The van der Waals surface area contributed by atoms with Crippen molar-refractivity contribution in [3.8, 4) is 28.4 Å². The van der Waals surface area contributed by atoms with Crippen LogP contribution in [0.2, 0.25) is 0 Å². The van der Waals surface area contributed by atoms with Gasteiger partial charge in [-0.2, -0.15) is 5.10 Å². The molecule has 31 heavy (non-hydrogen) atoms. The van der Waals surface area contributed by atoms with E-state index in [1.165, 1.54) is 25.0 Å². The Morgan fingerprint density at radius 1 is 1.13 bits per heavy atom. The van der Waals surface area contributed by atoms with Crippen LogP contribution in [0.4, 0.5) is 4.39 Å². The maximum absolute atomic E-state index is 14.6. The van der Waals surface area contributed by atoms with Crippen molar-refractivity contribution in [2.24, 2.45) is 0 Å². The summed E-state index contributed by atoms with van der Waals surface area (Å²) in [5.74, 6) is -0.566. The summed E-state index contributed by atoms with van der Waals surface area (Å²) >= 11 is 0. The van der Waals surface area contributed by atoms with Crippen LogP contribution in [0.25, 0.3) is 16.9 Å². The Balaban J connectivity index is 1.88. The van der Waals surface area contributed by atoms with Crippen LogP contribution in [-0.2, 0) is 16.0 Å². The minimum Gasteiger partial charge on any atom is -0.493 e. The molecule has 1 aliphatic carbocycles. The number of hydrogen-bond donors (Lipinski definition) is 1. The van der Waals surface area contributed by atoms with Gasteiger partial charge in [-0.05, 0) is 29.8 Å². The number of halogens is 1. The van der Waals surface area contributed by atoms with Crippen molar-refractivity contribution in [3.05, 3.63) is 59.0 Å². The van der Waals surface area contributed by atoms with Crippen molar-refractivity contribution in [2.45, 2.75) is 6.42 Å². The SMILES string of the molecule is COC(=O)CNC(=O)c1nn(-c2ccccc2F)c2c1Cc1cc(OC)c(OC)cc1-2. The number of methoxy groups -OCH3 is 3. The zero-order valence-electron chi connectivity index (χ0n) is 17.2. The molecule has 0 atom stereocenters. The van der Waals surface area contributed by atoms with Crippen molar-refractivity contribution in [1.29, 1.82) is 0 Å². The summed E-state index contributed by atoms with van der Waals surface area (Å²) in [5.41, 5.74) is 3.16. The van der Waals surface area contributed by atoms with Gasteiger partial charge in [0, 0.05) is 17.5 Å². The highest BCUT2D eigenvalue weighted by molar-refractivity contribution is 5.98. The third-order valence-electron chi connectivity index (χ3n) is 5.13. The Labute approximate surface area is 177 Å². The fourth-order valence-corrected chi connectivity index (χ4v) is 3.66. The number of carbonyl (C=O) groups excluding carboxylic acids is 2. The molecule has 9 heteroatoms. The van der Waals surface area contributed by atoms with Crippen LogP contribution < -0.4 is 14.8 Å². The van der Waals surface area contributed by atoms with E-state index in [0.29, 0.717) is 29.2 Å². The second-order valence-corrected chi connectivity index (χ2v) is 6.84. The van der Waals surface area contributed by atoms with E-state index in [2.05, 4.69) is 15.2 Å². The molecular weight excluding hydrogens is 405 g/mol. The van der Waals surface area contributed by atoms with Crippen LogP contribution in [0.15, 0.2) is 36.4 Å². The van der Waals surface area contributed by atoms with Crippen molar-refractivity contribution in [1.82, 2.24) is 15.1 Å². The molecule has 0 fully saturated rings. The predicted octanol–water partition coefficient (Wildman–Crippen LogP) is 2.50. The molecule has 1 aromatic heterocycles. The Bertz CT molecular complexity index is 1190. The number of fused-ring (bicyclic) bond motifs is 3. The standard InChI is InChI=1S/C22H20FN3O5/c1-29-17-9-12-8-14-20(22(28)24-11-19(27)31-3)25-26(16-7-5-4-6-15(16)23)21(14)13(12)10-18(17)30-2/h4-7,9-10H,8,11H2,1-3H3,(H,24,28). The highest BCUT2D eigenvalue weighted by Crippen LogP contribution is 2.44. The van der Waals surface area contributed by atoms with E-state index in [9.17, 15) is 14.0 Å². The number of nitrogens with zero attached hydrogens (tertiary/aromatic N) is 2. The number of hydrogen-bond acceptors (Lipinski definition) is 6. The number of benzene rings is 2. The molecule has 160 valence electrons. The number of ether oxygens (including phenoxy) is 3. The first-order valence-corrected chi connectivity index (χ1v) is 9.45. The third-order valence-corrected chi connectivity index (χ3v) is 5.13. The van der Waals surface area contributed by atoms with Crippen LogP contribution >= 0.6 is 0 Å². The molecule has 0 saturated heterocycles. The molecule has 0 unspecified atom stereocenters. The van der Waals surface area contributed by atoms with Gasteiger partial charge < -0.3 is 19.5 Å². The van der Waals surface area contributed by atoms with E-state index in [4.69, 9.17) is 9.47 Å². The first-order chi connectivity index (χ1) is 15.0. The van der Waals surface area contributed by atoms with Gasteiger partial charge in [-0.25, -0.2) is 9.07 Å². The van der Waals surface area contributed by atoms with Gasteiger partial charge in [0.1, 0.15) is 18.0 Å². The van der Waals surface area contributed by atoms with Crippen molar-refractivity contribution >= 4 is 11.9 Å². The van der Waals surface area contributed by atoms with Gasteiger partial charge in [0.25, 0.3) is 5.91 Å². The summed E-state index contributed by atoms with van der Waals surface area (Å²) in [7, 11) is 4.30. The van der Waals surface area contributed by atoms with Crippen LogP contribution in [0, 0.1) is 5.82 Å². The Morgan fingerprint density at radius 2 is 1.84 bits per heavy atom. The lowest BCUT2D eigenvalue weighted by atomic mass is 10.1. The second kappa shape index (κ2) is 8.10. The molecule has 1 amide bonds. The maximum atomic E-state index is 14.6. The molecule has 8 nitrogen and oxygen atoms in total. The molecule has 0 aliphatic heterocycles. The zero-order valence-corrected chi connectivity index (χ0v) is 17.2. The molecule has 1 N–H and O–H groups in total. The summed E-state index contributed by atoms with van der Waals surface area (Å²) < 4.78 is 31.4. The van der Waals surface area contributed by atoms with Gasteiger partial charge in [-0.3, -0.25) is 9.59 Å². The highest BCUT2D eigenvalue weighted by atomic mass is 19.1. The molecule has 0 saturated carbocycles. The Kier molecular flexibility index (Phi) is 5.33. The molecule has 4 rings (SSSR count). The van der Waals surface area contributed by atoms with E-state index in [1.54, 1.807) is 31.4 Å². The summed E-state index contributed by atoms with van der Waals surface area (Å²) in [5, 5.41) is 6.90. The zero-order chi connectivity index (χ0) is 22.1. The van der Waals surface area contributed by atoms with Crippen molar-refractivity contribution in [3.63, 3.8) is 0 Å². The minimum absolute atomic E-state index is 0.108. The van der Waals surface area contributed by atoms with Gasteiger partial charge in [-0.15, -0.1) is 0 Å². The molecule has 1 heterocycles. The maximum Gasteiger partial charge on any atom is 0.325 e. The lowest BCUT2D eigenvalue weighted by Crippen LogP contribution is -2.31. The van der Waals surface area contributed by atoms with Crippen molar-refractivity contribution < 1.29 is 28.2 Å². The summed E-state index contributed by atoms with van der Waals surface area (Å²) in [4.78, 5) is 24.2. The van der Waals surface area contributed by atoms with Crippen LogP contribution in [0.5, 0.6) is 11.5 Å². The fourth-order valence-electron chi connectivity index (χ4n) is 3.66.